The van der Waals surface area contributed by atoms with E-state index < -0.39 is 38.4 Å². The molecule has 0 radical (unpaired) electrons. The van der Waals surface area contributed by atoms with Gasteiger partial charge in [0.15, 0.2) is 0 Å². The van der Waals surface area contributed by atoms with Crippen LogP contribution < -0.4 is 0 Å². The third-order valence-electron chi connectivity index (χ3n) is 3.85. The van der Waals surface area contributed by atoms with Gasteiger partial charge < -0.3 is 10.2 Å². The van der Waals surface area contributed by atoms with Crippen LogP contribution in [0.3, 0.4) is 0 Å². The molecule has 0 aliphatic carbocycles. The van der Waals surface area contributed by atoms with Gasteiger partial charge in [-0.1, -0.05) is 24.3 Å². The Balaban J connectivity index is 2.22. The fourth-order valence-corrected chi connectivity index (χ4v) is 2.57. The van der Waals surface area contributed by atoms with Gasteiger partial charge in [-0.05, 0) is 12.1 Å². The molecule has 0 aromatic heterocycles. The molecule has 0 fully saturated rings. The van der Waals surface area contributed by atoms with Crippen LogP contribution in [0.4, 0.5) is 22.7 Å². The molecular weight excluding hydrogens is 372 g/mol. The molecule has 2 N–H and O–H groups in total. The second-order valence-electron chi connectivity index (χ2n) is 5.53. The lowest BCUT2D eigenvalue weighted by atomic mass is 10.1. The quantitative estimate of drug-likeness (QED) is 0.372. The van der Waals surface area contributed by atoms with Gasteiger partial charge >= 0.3 is 17.3 Å². The minimum Gasteiger partial charge on any atom is -0.507 e. The first-order chi connectivity index (χ1) is 13.3. The lowest BCUT2D eigenvalue weighted by Gasteiger charge is -2.04. The van der Waals surface area contributed by atoms with Gasteiger partial charge in [-0.3, -0.25) is 20.2 Å². The number of aromatic carboxylic acids is 1. The second kappa shape index (κ2) is 7.07. The van der Waals surface area contributed by atoms with Crippen LogP contribution in [-0.2, 0) is 0 Å². The number of carboxylic acids is 1. The third-order valence-corrected chi connectivity index (χ3v) is 3.85. The highest BCUT2D eigenvalue weighted by molar-refractivity contribution is 5.96. The van der Waals surface area contributed by atoms with Crippen molar-refractivity contribution in [2.45, 2.75) is 0 Å². The number of nitrogens with zero attached hydrogens (tertiary/aromatic N) is 4. The zero-order valence-corrected chi connectivity index (χ0v) is 13.8. The summed E-state index contributed by atoms with van der Waals surface area (Å²) in [5.41, 5.74) is -2.82. The number of nitro groups is 2. The van der Waals surface area contributed by atoms with Crippen LogP contribution in [0.25, 0.3) is 10.8 Å². The molecule has 140 valence electrons. The van der Waals surface area contributed by atoms with Crippen LogP contribution in [0, 0.1) is 20.2 Å². The van der Waals surface area contributed by atoms with E-state index in [0.717, 1.165) is 0 Å². The first-order valence-corrected chi connectivity index (χ1v) is 7.62. The third kappa shape index (κ3) is 3.31. The number of carboxylic acid groups (broad SMARTS) is 1. The molecule has 3 aromatic rings. The second-order valence-corrected chi connectivity index (χ2v) is 5.53. The maximum atomic E-state index is 11.3. The number of rotatable bonds is 5. The summed E-state index contributed by atoms with van der Waals surface area (Å²) in [7, 11) is 0. The Bertz CT molecular complexity index is 1140. The van der Waals surface area contributed by atoms with Crippen molar-refractivity contribution >= 4 is 39.5 Å². The molecule has 28 heavy (non-hydrogen) atoms. The summed E-state index contributed by atoms with van der Waals surface area (Å²) in [5.74, 6) is -1.57. The Kier molecular flexibility index (Phi) is 4.64. The van der Waals surface area contributed by atoms with E-state index in [4.69, 9.17) is 5.11 Å². The normalized spacial score (nSPS) is 11.0. The van der Waals surface area contributed by atoms with Gasteiger partial charge in [-0.25, -0.2) is 4.79 Å². The van der Waals surface area contributed by atoms with E-state index >= 15 is 0 Å². The molecule has 0 aliphatic rings. The lowest BCUT2D eigenvalue weighted by Crippen LogP contribution is -2.01. The number of phenols is 1. The van der Waals surface area contributed by atoms with Crippen LogP contribution in [0.5, 0.6) is 5.75 Å². The number of hydrogen-bond acceptors (Lipinski definition) is 8. The van der Waals surface area contributed by atoms with E-state index in [1.54, 1.807) is 24.3 Å². The summed E-state index contributed by atoms with van der Waals surface area (Å²) in [6, 6.07) is 10.7. The summed E-state index contributed by atoms with van der Waals surface area (Å²) in [4.78, 5) is 31.7. The molecule has 0 spiro atoms. The van der Waals surface area contributed by atoms with Crippen LogP contribution >= 0.6 is 0 Å². The van der Waals surface area contributed by atoms with E-state index in [0.29, 0.717) is 22.9 Å². The van der Waals surface area contributed by atoms with Crippen molar-refractivity contribution in [3.05, 3.63) is 74.3 Å². The minimum absolute atomic E-state index is 0.0164. The maximum Gasteiger partial charge on any atom is 0.336 e. The van der Waals surface area contributed by atoms with Crippen LogP contribution in [0.1, 0.15) is 10.4 Å². The Hall–Kier alpha value is -4.41. The van der Waals surface area contributed by atoms with Gasteiger partial charge in [-0.2, -0.15) is 0 Å². The number of hydrogen-bond donors (Lipinski definition) is 2. The van der Waals surface area contributed by atoms with E-state index in [2.05, 4.69) is 10.2 Å². The highest BCUT2D eigenvalue weighted by Crippen LogP contribution is 2.40. The van der Waals surface area contributed by atoms with Gasteiger partial charge in [0.2, 0.25) is 5.69 Å². The molecule has 0 saturated heterocycles. The molecule has 0 heterocycles. The Labute approximate surface area is 155 Å². The fourth-order valence-electron chi connectivity index (χ4n) is 2.57. The van der Waals surface area contributed by atoms with E-state index in [-0.39, 0.29) is 11.4 Å². The number of fused-ring (bicyclic) bond motifs is 1. The molecule has 0 aliphatic heterocycles. The van der Waals surface area contributed by atoms with Gasteiger partial charge in [0.1, 0.15) is 5.75 Å². The van der Waals surface area contributed by atoms with E-state index in [1.807, 2.05) is 0 Å². The van der Waals surface area contributed by atoms with Gasteiger partial charge in [0, 0.05) is 22.9 Å². The largest absolute Gasteiger partial charge is 0.507 e. The molecule has 3 aromatic carbocycles. The Morgan fingerprint density at radius 1 is 0.893 bits per heavy atom. The van der Waals surface area contributed by atoms with E-state index in [1.165, 1.54) is 12.1 Å². The monoisotopic (exact) mass is 382 g/mol. The maximum absolute atomic E-state index is 11.3. The van der Waals surface area contributed by atoms with Crippen molar-refractivity contribution in [2.24, 2.45) is 10.2 Å². The van der Waals surface area contributed by atoms with Gasteiger partial charge in [0.25, 0.3) is 0 Å². The molecule has 11 heteroatoms. The topological polar surface area (TPSA) is 169 Å². The van der Waals surface area contributed by atoms with Crippen molar-refractivity contribution in [1.29, 1.82) is 0 Å². The zero-order valence-electron chi connectivity index (χ0n) is 13.8. The van der Waals surface area contributed by atoms with Gasteiger partial charge in [0.05, 0.1) is 21.1 Å². The fraction of sp³-hybridized carbons (Fsp3) is 0. The molecule has 0 unspecified atom stereocenters. The average molecular weight is 382 g/mol. The van der Waals surface area contributed by atoms with Crippen LogP contribution in [0.15, 0.2) is 58.8 Å². The number of nitro benzene ring substituents is 2. The van der Waals surface area contributed by atoms with Crippen molar-refractivity contribution in [3.63, 3.8) is 0 Å². The summed E-state index contributed by atoms with van der Waals surface area (Å²) in [6.45, 7) is 0. The number of phenolic OH excluding ortho intramolecular Hbond substituents is 1. The summed E-state index contributed by atoms with van der Waals surface area (Å²) in [5, 5.41) is 49.9. The predicted octanol–water partition coefficient (Wildman–Crippen LogP) is 4.48. The Morgan fingerprint density at radius 3 is 2.00 bits per heavy atom. The number of azo groups is 1. The SMILES string of the molecule is O=C(O)c1cc([N+](=O)[O-])c(N=Nc2ccc(O)c3ccccc23)c([N+](=O)[O-])c1. The molecule has 0 amide bonds. The first kappa shape index (κ1) is 18.4. The van der Waals surface area contributed by atoms with Crippen molar-refractivity contribution in [2.75, 3.05) is 0 Å². The summed E-state index contributed by atoms with van der Waals surface area (Å²) >= 11 is 0. The first-order valence-electron chi connectivity index (χ1n) is 7.62. The molecule has 0 bridgehead atoms. The number of benzene rings is 3. The average Bonchev–Trinajstić information content (AvgIpc) is 2.66. The highest BCUT2D eigenvalue weighted by atomic mass is 16.6. The summed E-state index contributed by atoms with van der Waals surface area (Å²) in [6.07, 6.45) is 0. The molecule has 3 rings (SSSR count). The smallest absolute Gasteiger partial charge is 0.336 e. The molecule has 0 saturated carbocycles. The standard InChI is InChI=1S/C17H10N4O7/c22-15-6-5-12(10-3-1-2-4-11(10)15)18-19-16-13(20(25)26)7-9(17(23)24)8-14(16)21(27)28/h1-8,22H,(H,23,24). The van der Waals surface area contributed by atoms with Crippen molar-refractivity contribution < 1.29 is 24.9 Å². The molecule has 11 nitrogen and oxygen atoms in total. The predicted molar refractivity (Wildman–Crippen MR) is 96.5 cm³/mol. The van der Waals surface area contributed by atoms with E-state index in [9.17, 15) is 30.1 Å². The van der Waals surface area contributed by atoms with Crippen LogP contribution in [-0.4, -0.2) is 26.0 Å². The number of aromatic hydroxyl groups is 1. The van der Waals surface area contributed by atoms with Crippen molar-refractivity contribution in [3.8, 4) is 5.75 Å². The zero-order chi connectivity index (χ0) is 20.4. The van der Waals surface area contributed by atoms with Crippen LogP contribution in [0.2, 0.25) is 0 Å². The van der Waals surface area contributed by atoms with Gasteiger partial charge in [-0.15, -0.1) is 10.2 Å². The minimum atomic E-state index is -1.56. The van der Waals surface area contributed by atoms with Crippen molar-refractivity contribution in [1.82, 2.24) is 0 Å². The summed E-state index contributed by atoms with van der Waals surface area (Å²) < 4.78 is 0. The number of carbonyl (C=O) groups is 1. The molecule has 0 atom stereocenters. The molecular formula is C17H10N4O7. The highest BCUT2D eigenvalue weighted by Gasteiger charge is 2.29. The lowest BCUT2D eigenvalue weighted by molar-refractivity contribution is -0.392. The Morgan fingerprint density at radius 2 is 1.46 bits per heavy atom.